The SMILES string of the molecule is CCC(C)[C@H](NC(=O)CN(C)C(C)=O)C(=O)O. The number of carboxylic acids is 1. The van der Waals surface area contributed by atoms with Crippen LogP contribution in [0.5, 0.6) is 0 Å². The molecule has 0 aliphatic carbocycles. The molecular formula is C11H20N2O4. The molecule has 0 bridgehead atoms. The summed E-state index contributed by atoms with van der Waals surface area (Å²) in [6.07, 6.45) is 0.653. The highest BCUT2D eigenvalue weighted by molar-refractivity contribution is 5.87. The molecule has 0 spiro atoms. The number of carbonyl (C=O) groups is 3. The van der Waals surface area contributed by atoms with Crippen LogP contribution in [0, 0.1) is 5.92 Å². The normalized spacial score (nSPS) is 13.6. The summed E-state index contributed by atoms with van der Waals surface area (Å²) in [5, 5.41) is 11.4. The first-order valence-electron chi connectivity index (χ1n) is 5.53. The topological polar surface area (TPSA) is 86.7 Å². The van der Waals surface area contributed by atoms with Crippen molar-refractivity contribution in [1.82, 2.24) is 10.2 Å². The lowest BCUT2D eigenvalue weighted by molar-refractivity contribution is -0.143. The largest absolute Gasteiger partial charge is 0.480 e. The number of carbonyl (C=O) groups excluding carboxylic acids is 2. The molecule has 0 aliphatic heterocycles. The van der Waals surface area contributed by atoms with Gasteiger partial charge in [-0.2, -0.15) is 0 Å². The van der Waals surface area contributed by atoms with Crippen molar-refractivity contribution in [2.75, 3.05) is 13.6 Å². The zero-order valence-electron chi connectivity index (χ0n) is 10.7. The molecule has 2 N–H and O–H groups in total. The lowest BCUT2D eigenvalue weighted by Crippen LogP contribution is -2.48. The van der Waals surface area contributed by atoms with E-state index >= 15 is 0 Å². The van der Waals surface area contributed by atoms with E-state index in [0.717, 1.165) is 0 Å². The van der Waals surface area contributed by atoms with Crippen molar-refractivity contribution >= 4 is 17.8 Å². The van der Waals surface area contributed by atoms with E-state index in [1.54, 1.807) is 6.92 Å². The van der Waals surface area contributed by atoms with Gasteiger partial charge >= 0.3 is 5.97 Å². The van der Waals surface area contributed by atoms with Gasteiger partial charge in [-0.05, 0) is 5.92 Å². The molecule has 17 heavy (non-hydrogen) atoms. The Hall–Kier alpha value is -1.59. The summed E-state index contributed by atoms with van der Waals surface area (Å²) in [5.41, 5.74) is 0. The highest BCUT2D eigenvalue weighted by atomic mass is 16.4. The van der Waals surface area contributed by atoms with Crippen LogP contribution >= 0.6 is 0 Å². The fourth-order valence-electron chi connectivity index (χ4n) is 1.23. The maximum Gasteiger partial charge on any atom is 0.326 e. The molecule has 0 aliphatic rings. The van der Waals surface area contributed by atoms with Crippen molar-refractivity contribution in [3.8, 4) is 0 Å². The second-order valence-corrected chi connectivity index (χ2v) is 4.14. The van der Waals surface area contributed by atoms with Gasteiger partial charge in [-0.3, -0.25) is 9.59 Å². The molecule has 0 saturated carbocycles. The molecule has 2 amide bonds. The van der Waals surface area contributed by atoms with E-state index in [4.69, 9.17) is 5.11 Å². The quantitative estimate of drug-likeness (QED) is 0.692. The molecule has 0 saturated heterocycles. The third kappa shape index (κ3) is 5.33. The van der Waals surface area contributed by atoms with E-state index in [1.807, 2.05) is 6.92 Å². The van der Waals surface area contributed by atoms with Gasteiger partial charge in [0, 0.05) is 14.0 Å². The van der Waals surface area contributed by atoms with Crippen LogP contribution in [0.1, 0.15) is 27.2 Å². The summed E-state index contributed by atoms with van der Waals surface area (Å²) in [6.45, 7) is 4.83. The Morgan fingerprint density at radius 3 is 2.24 bits per heavy atom. The number of likely N-dealkylation sites (N-methyl/N-ethyl adjacent to an activating group) is 1. The second-order valence-electron chi connectivity index (χ2n) is 4.14. The van der Waals surface area contributed by atoms with Gasteiger partial charge in [0.2, 0.25) is 11.8 Å². The third-order valence-electron chi connectivity index (χ3n) is 2.71. The zero-order valence-corrected chi connectivity index (χ0v) is 10.7. The molecule has 0 radical (unpaired) electrons. The fraction of sp³-hybridized carbons (Fsp3) is 0.727. The van der Waals surface area contributed by atoms with E-state index < -0.39 is 17.9 Å². The van der Waals surface area contributed by atoms with E-state index in [0.29, 0.717) is 6.42 Å². The van der Waals surface area contributed by atoms with Crippen molar-refractivity contribution in [3.05, 3.63) is 0 Å². The number of amides is 2. The maximum atomic E-state index is 11.5. The Morgan fingerprint density at radius 2 is 1.88 bits per heavy atom. The number of nitrogens with zero attached hydrogens (tertiary/aromatic N) is 1. The molecule has 6 nitrogen and oxygen atoms in total. The predicted molar refractivity (Wildman–Crippen MR) is 62.3 cm³/mol. The van der Waals surface area contributed by atoms with Gasteiger partial charge in [0.1, 0.15) is 6.04 Å². The third-order valence-corrected chi connectivity index (χ3v) is 2.71. The Kier molecular flexibility index (Phi) is 6.23. The minimum atomic E-state index is -1.06. The van der Waals surface area contributed by atoms with Crippen LogP contribution in [-0.4, -0.2) is 47.4 Å². The first-order chi connectivity index (χ1) is 7.79. The minimum Gasteiger partial charge on any atom is -0.480 e. The van der Waals surface area contributed by atoms with Crippen LogP contribution in [-0.2, 0) is 14.4 Å². The van der Waals surface area contributed by atoms with E-state index in [2.05, 4.69) is 5.32 Å². The summed E-state index contributed by atoms with van der Waals surface area (Å²) >= 11 is 0. The Balaban J connectivity index is 4.42. The van der Waals surface area contributed by atoms with Gasteiger partial charge in [-0.25, -0.2) is 4.79 Å². The lowest BCUT2D eigenvalue weighted by atomic mass is 9.99. The van der Waals surface area contributed by atoms with Crippen LogP contribution in [0.3, 0.4) is 0 Å². The average Bonchev–Trinajstić information content (AvgIpc) is 2.24. The summed E-state index contributed by atoms with van der Waals surface area (Å²) < 4.78 is 0. The maximum absolute atomic E-state index is 11.5. The molecule has 0 aromatic rings. The van der Waals surface area contributed by atoms with Crippen LogP contribution < -0.4 is 5.32 Å². The predicted octanol–water partition coefficient (Wildman–Crippen LogP) is 0.0802. The number of rotatable bonds is 6. The number of hydrogen-bond donors (Lipinski definition) is 2. The van der Waals surface area contributed by atoms with Crippen molar-refractivity contribution in [1.29, 1.82) is 0 Å². The molecule has 0 rings (SSSR count). The molecular weight excluding hydrogens is 224 g/mol. The monoisotopic (exact) mass is 244 g/mol. The Labute approximate surface area is 101 Å². The van der Waals surface area contributed by atoms with Gasteiger partial charge in [-0.1, -0.05) is 20.3 Å². The summed E-state index contributed by atoms with van der Waals surface area (Å²) in [5.74, 6) is -1.91. The summed E-state index contributed by atoms with van der Waals surface area (Å²) in [7, 11) is 1.49. The second kappa shape index (κ2) is 6.88. The Bertz CT molecular complexity index is 304. The van der Waals surface area contributed by atoms with E-state index in [-0.39, 0.29) is 18.4 Å². The molecule has 0 fully saturated rings. The highest BCUT2D eigenvalue weighted by Crippen LogP contribution is 2.07. The van der Waals surface area contributed by atoms with Gasteiger partial charge in [0.25, 0.3) is 0 Å². The van der Waals surface area contributed by atoms with Crippen molar-refractivity contribution in [3.63, 3.8) is 0 Å². The van der Waals surface area contributed by atoms with Crippen molar-refractivity contribution < 1.29 is 19.5 Å². The standard InChI is InChI=1S/C11H20N2O4/c1-5-7(2)10(11(16)17)12-9(15)6-13(4)8(3)14/h7,10H,5-6H2,1-4H3,(H,12,15)(H,16,17)/t7?,10-/m0/s1. The van der Waals surface area contributed by atoms with E-state index in [1.165, 1.54) is 18.9 Å². The van der Waals surface area contributed by atoms with Gasteiger partial charge in [0.05, 0.1) is 6.54 Å². The first kappa shape index (κ1) is 15.4. The van der Waals surface area contributed by atoms with E-state index in [9.17, 15) is 14.4 Å². The van der Waals surface area contributed by atoms with Gasteiger partial charge in [0.15, 0.2) is 0 Å². The van der Waals surface area contributed by atoms with Crippen LogP contribution in [0.25, 0.3) is 0 Å². The molecule has 0 aromatic carbocycles. The van der Waals surface area contributed by atoms with Crippen LogP contribution in [0.15, 0.2) is 0 Å². The number of nitrogens with one attached hydrogen (secondary N) is 1. The molecule has 0 heterocycles. The summed E-state index contributed by atoms with van der Waals surface area (Å²) in [4.78, 5) is 34.6. The number of hydrogen-bond acceptors (Lipinski definition) is 3. The van der Waals surface area contributed by atoms with Crippen LogP contribution in [0.4, 0.5) is 0 Å². The number of carboxylic acid groups (broad SMARTS) is 1. The molecule has 98 valence electrons. The number of aliphatic carboxylic acids is 1. The average molecular weight is 244 g/mol. The molecule has 2 atom stereocenters. The van der Waals surface area contributed by atoms with Crippen molar-refractivity contribution in [2.24, 2.45) is 5.92 Å². The Morgan fingerprint density at radius 1 is 1.35 bits per heavy atom. The van der Waals surface area contributed by atoms with Crippen LogP contribution in [0.2, 0.25) is 0 Å². The van der Waals surface area contributed by atoms with Gasteiger partial charge < -0.3 is 15.3 Å². The highest BCUT2D eigenvalue weighted by Gasteiger charge is 2.25. The minimum absolute atomic E-state index is 0.129. The molecule has 6 heteroatoms. The molecule has 1 unspecified atom stereocenters. The first-order valence-corrected chi connectivity index (χ1v) is 5.53. The molecule has 0 aromatic heterocycles. The summed E-state index contributed by atoms with van der Waals surface area (Å²) in [6, 6.07) is -0.909. The smallest absolute Gasteiger partial charge is 0.326 e. The van der Waals surface area contributed by atoms with Crippen molar-refractivity contribution in [2.45, 2.75) is 33.2 Å². The zero-order chi connectivity index (χ0) is 13.6. The van der Waals surface area contributed by atoms with Gasteiger partial charge in [-0.15, -0.1) is 0 Å². The fourth-order valence-corrected chi connectivity index (χ4v) is 1.23. The lowest BCUT2D eigenvalue weighted by Gasteiger charge is -2.22.